The smallest absolute Gasteiger partial charge is 0.253 e. The van der Waals surface area contributed by atoms with E-state index in [1.54, 1.807) is 0 Å². The number of aryl methyl sites for hydroxylation is 2. The minimum atomic E-state index is -0.829. The van der Waals surface area contributed by atoms with Gasteiger partial charge in [0.05, 0.1) is 6.54 Å². The molecule has 0 aliphatic heterocycles. The molecule has 0 spiro atoms. The summed E-state index contributed by atoms with van der Waals surface area (Å²) in [4.78, 5) is 13.4. The molecule has 36 heavy (non-hydrogen) atoms. The van der Waals surface area contributed by atoms with Crippen molar-refractivity contribution in [1.82, 2.24) is 4.57 Å². The van der Waals surface area contributed by atoms with E-state index in [9.17, 15) is 4.79 Å². The molecule has 5 rings (SSSR count). The first kappa shape index (κ1) is 24.1. The van der Waals surface area contributed by atoms with Gasteiger partial charge in [-0.15, -0.1) is 0 Å². The number of hydrogen-bond donors (Lipinski definition) is 1. The number of nitrogens with two attached hydrogens (primary N) is 1. The van der Waals surface area contributed by atoms with Crippen LogP contribution >= 0.6 is 0 Å². The average Bonchev–Trinajstić information content (AvgIpc) is 3.53. The van der Waals surface area contributed by atoms with Gasteiger partial charge in [0.15, 0.2) is 0 Å². The molecule has 1 amide bonds. The first-order valence-corrected chi connectivity index (χ1v) is 13.1. The van der Waals surface area contributed by atoms with Crippen molar-refractivity contribution in [3.63, 3.8) is 0 Å². The van der Waals surface area contributed by atoms with Crippen LogP contribution in [0.25, 0.3) is 0 Å². The molecule has 0 saturated heterocycles. The lowest BCUT2D eigenvalue weighted by atomic mass is 9.64. The number of carbonyl (C=O) groups is 1. The van der Waals surface area contributed by atoms with Gasteiger partial charge in [-0.1, -0.05) is 91.0 Å². The Hall–Kier alpha value is -3.66. The zero-order valence-electron chi connectivity index (χ0n) is 21.1. The number of hydrogen-bond acceptors (Lipinski definition) is 1. The number of imidazole rings is 1. The number of primary amides is 1. The van der Waals surface area contributed by atoms with Crippen molar-refractivity contribution in [2.45, 2.75) is 57.0 Å². The van der Waals surface area contributed by atoms with Crippen LogP contribution in [0.2, 0.25) is 0 Å². The SMILES string of the molecule is Cc1n([C@@H]2CC[C@H](C(C(N)=O)(c3ccccc3)c3ccccc3)C2)cc[n+]1CCCc1ccccc1. The quantitative estimate of drug-likeness (QED) is 0.316. The Balaban J connectivity index is 1.38. The molecule has 4 nitrogen and oxygen atoms in total. The lowest BCUT2D eigenvalue weighted by Crippen LogP contribution is -2.47. The van der Waals surface area contributed by atoms with Gasteiger partial charge in [0.2, 0.25) is 5.91 Å². The molecule has 1 aliphatic carbocycles. The largest absolute Gasteiger partial charge is 0.369 e. The molecule has 184 valence electrons. The molecular weight excluding hydrogens is 442 g/mol. The Morgan fingerprint density at radius 3 is 2.08 bits per heavy atom. The molecule has 4 aromatic rings. The Morgan fingerprint density at radius 2 is 1.50 bits per heavy atom. The third-order valence-electron chi connectivity index (χ3n) is 8.16. The fraction of sp³-hybridized carbons (Fsp3) is 0.312. The molecule has 3 aromatic carbocycles. The summed E-state index contributed by atoms with van der Waals surface area (Å²) in [6.07, 6.45) is 9.55. The molecular formula is C32H36N3O+. The van der Waals surface area contributed by atoms with Gasteiger partial charge in [0.25, 0.3) is 5.82 Å². The first-order chi connectivity index (χ1) is 17.6. The minimum Gasteiger partial charge on any atom is -0.369 e. The summed E-state index contributed by atoms with van der Waals surface area (Å²) >= 11 is 0. The van der Waals surface area contributed by atoms with Crippen LogP contribution in [0.15, 0.2) is 103 Å². The summed E-state index contributed by atoms with van der Waals surface area (Å²) in [6.45, 7) is 3.22. The molecule has 0 bridgehead atoms. The Labute approximate surface area is 214 Å². The lowest BCUT2D eigenvalue weighted by molar-refractivity contribution is -0.702. The van der Waals surface area contributed by atoms with E-state index in [-0.39, 0.29) is 11.8 Å². The maximum Gasteiger partial charge on any atom is 0.253 e. The van der Waals surface area contributed by atoms with E-state index in [0.29, 0.717) is 6.04 Å². The molecule has 1 fully saturated rings. The van der Waals surface area contributed by atoms with E-state index in [1.165, 1.54) is 11.4 Å². The van der Waals surface area contributed by atoms with Gasteiger partial charge < -0.3 is 5.73 Å². The van der Waals surface area contributed by atoms with Gasteiger partial charge in [0, 0.05) is 6.92 Å². The number of amides is 1. The van der Waals surface area contributed by atoms with Crippen molar-refractivity contribution in [1.29, 1.82) is 0 Å². The molecule has 2 N–H and O–H groups in total. The molecule has 4 heteroatoms. The monoisotopic (exact) mass is 478 g/mol. The van der Waals surface area contributed by atoms with E-state index in [1.807, 2.05) is 36.4 Å². The van der Waals surface area contributed by atoms with Crippen molar-refractivity contribution in [2.75, 3.05) is 0 Å². The predicted molar refractivity (Wildman–Crippen MR) is 143 cm³/mol. The summed E-state index contributed by atoms with van der Waals surface area (Å²) in [5.41, 5.74) is 8.83. The molecule has 0 unspecified atom stereocenters. The standard InChI is InChI=1S/C32H35N3O/c1-25-34(21-11-14-26-12-5-2-6-13-26)22-23-35(25)30-20-19-29(24-30)32(31(33)36,27-15-7-3-8-16-27)28-17-9-4-10-18-28/h2-10,12-13,15-18,22-23,29-30H,11,14,19-21,24H2,1H3,(H-,33,36)/p+1/t29-,30+/m0/s1. The highest BCUT2D eigenvalue weighted by atomic mass is 16.1. The fourth-order valence-electron chi connectivity index (χ4n) is 6.37. The average molecular weight is 479 g/mol. The Kier molecular flexibility index (Phi) is 7.04. The highest BCUT2D eigenvalue weighted by Gasteiger charge is 2.51. The van der Waals surface area contributed by atoms with Crippen molar-refractivity contribution in [3.05, 3.63) is 126 Å². The van der Waals surface area contributed by atoms with Crippen LogP contribution in [0.1, 0.15) is 54.2 Å². The van der Waals surface area contributed by atoms with Crippen molar-refractivity contribution >= 4 is 5.91 Å². The van der Waals surface area contributed by atoms with Crippen LogP contribution in [0.4, 0.5) is 0 Å². The number of aromatic nitrogens is 2. The fourth-order valence-corrected chi connectivity index (χ4v) is 6.37. The Bertz CT molecular complexity index is 1240. The second kappa shape index (κ2) is 10.5. The minimum absolute atomic E-state index is 0.137. The molecule has 1 aliphatic rings. The van der Waals surface area contributed by atoms with E-state index >= 15 is 0 Å². The molecule has 1 heterocycles. The summed E-state index contributed by atoms with van der Waals surface area (Å²) in [6, 6.07) is 31.3. The van der Waals surface area contributed by atoms with Crippen LogP contribution < -0.4 is 10.3 Å². The number of benzene rings is 3. The summed E-state index contributed by atoms with van der Waals surface area (Å²) < 4.78 is 4.79. The van der Waals surface area contributed by atoms with Gasteiger partial charge in [-0.3, -0.25) is 4.79 Å². The predicted octanol–water partition coefficient (Wildman–Crippen LogP) is 5.53. The van der Waals surface area contributed by atoms with Crippen molar-refractivity contribution < 1.29 is 9.36 Å². The van der Waals surface area contributed by atoms with Crippen molar-refractivity contribution in [2.24, 2.45) is 11.7 Å². The normalized spacial score (nSPS) is 17.8. The number of nitrogens with zero attached hydrogens (tertiary/aromatic N) is 2. The van der Waals surface area contributed by atoms with E-state index in [2.05, 4.69) is 83.0 Å². The lowest BCUT2D eigenvalue weighted by Gasteiger charge is -2.37. The third-order valence-corrected chi connectivity index (χ3v) is 8.16. The molecule has 1 aromatic heterocycles. The summed E-state index contributed by atoms with van der Waals surface area (Å²) in [5.74, 6) is 1.15. The van der Waals surface area contributed by atoms with Crippen LogP contribution in [0, 0.1) is 12.8 Å². The van der Waals surface area contributed by atoms with Gasteiger partial charge >= 0.3 is 0 Å². The van der Waals surface area contributed by atoms with Gasteiger partial charge in [-0.25, -0.2) is 9.13 Å². The summed E-state index contributed by atoms with van der Waals surface area (Å²) in [7, 11) is 0. The van der Waals surface area contributed by atoms with Crippen LogP contribution in [-0.2, 0) is 23.2 Å². The van der Waals surface area contributed by atoms with Gasteiger partial charge in [0.1, 0.15) is 23.9 Å². The van der Waals surface area contributed by atoms with Crippen LogP contribution in [-0.4, -0.2) is 10.5 Å². The first-order valence-electron chi connectivity index (χ1n) is 13.1. The van der Waals surface area contributed by atoms with E-state index < -0.39 is 5.41 Å². The Morgan fingerprint density at radius 1 is 0.917 bits per heavy atom. The third kappa shape index (κ3) is 4.48. The second-order valence-electron chi connectivity index (χ2n) is 10.1. The van der Waals surface area contributed by atoms with Crippen LogP contribution in [0.5, 0.6) is 0 Å². The maximum absolute atomic E-state index is 13.4. The number of carbonyl (C=O) groups excluding carboxylic acids is 1. The van der Waals surface area contributed by atoms with Gasteiger partial charge in [-0.2, -0.15) is 0 Å². The van der Waals surface area contributed by atoms with E-state index in [4.69, 9.17) is 5.73 Å². The maximum atomic E-state index is 13.4. The van der Waals surface area contributed by atoms with Crippen molar-refractivity contribution in [3.8, 4) is 0 Å². The molecule has 2 atom stereocenters. The number of rotatable bonds is 9. The van der Waals surface area contributed by atoms with Crippen LogP contribution in [0.3, 0.4) is 0 Å². The summed E-state index contributed by atoms with van der Waals surface area (Å²) in [5, 5.41) is 0. The molecule has 0 radical (unpaired) electrons. The zero-order chi connectivity index (χ0) is 25.0. The zero-order valence-corrected chi connectivity index (χ0v) is 21.1. The second-order valence-corrected chi connectivity index (χ2v) is 10.1. The van der Waals surface area contributed by atoms with Gasteiger partial charge in [-0.05, 0) is 54.7 Å². The van der Waals surface area contributed by atoms with E-state index in [0.717, 1.165) is 49.8 Å². The topological polar surface area (TPSA) is 51.9 Å². The highest BCUT2D eigenvalue weighted by molar-refractivity contribution is 5.91. The molecule has 1 saturated carbocycles. The highest BCUT2D eigenvalue weighted by Crippen LogP contribution is 2.49.